The lowest BCUT2D eigenvalue weighted by Gasteiger charge is -2.47. The lowest BCUT2D eigenvalue weighted by molar-refractivity contribution is -0.143. The molecule has 7 nitrogen and oxygen atoms in total. The van der Waals surface area contributed by atoms with E-state index in [1.165, 1.54) is 0 Å². The number of nitrogens with one attached hydrogen (secondary N) is 1. The van der Waals surface area contributed by atoms with E-state index in [9.17, 15) is 9.59 Å². The average molecular weight is 396 g/mol. The molecule has 2 saturated heterocycles. The van der Waals surface area contributed by atoms with Crippen LogP contribution in [0.3, 0.4) is 0 Å². The second-order valence-corrected chi connectivity index (χ2v) is 7.73. The summed E-state index contributed by atoms with van der Waals surface area (Å²) in [5.41, 5.74) is 1.84. The summed E-state index contributed by atoms with van der Waals surface area (Å²) in [5, 5.41) is 3.02. The van der Waals surface area contributed by atoms with E-state index in [-0.39, 0.29) is 35.7 Å². The molecule has 0 bridgehead atoms. The molecule has 0 aliphatic carbocycles. The summed E-state index contributed by atoms with van der Waals surface area (Å²) in [7, 11) is 1.81. The van der Waals surface area contributed by atoms with Gasteiger partial charge in [-0.15, -0.1) is 12.4 Å². The number of rotatable bonds is 4. The molecule has 27 heavy (non-hydrogen) atoms. The molecule has 1 N–H and O–H groups in total. The molecule has 2 amide bonds. The van der Waals surface area contributed by atoms with Crippen molar-refractivity contribution in [1.29, 1.82) is 0 Å². The zero-order valence-corrected chi connectivity index (χ0v) is 17.2. The Morgan fingerprint density at radius 2 is 1.96 bits per heavy atom. The van der Waals surface area contributed by atoms with Crippen LogP contribution >= 0.6 is 12.4 Å². The van der Waals surface area contributed by atoms with Crippen LogP contribution in [0.15, 0.2) is 12.4 Å². The molecule has 1 aromatic rings. The van der Waals surface area contributed by atoms with E-state index in [0.717, 1.165) is 50.3 Å². The second kappa shape index (κ2) is 8.97. The lowest BCUT2D eigenvalue weighted by atomic mass is 9.72. The standard InChI is InChI=1S/C19H29N5O2.ClH/c1-14-10-22-16(11-21-14)12-24-13-19(5-4-17(24)25)6-8-23(9-7-19)18(26)15(2)20-3;/h10-11,15,20H,4-9,12-13H2,1-3H3;1H/t15-;/m0./s1. The Bertz CT molecular complexity index is 659. The molecule has 2 fully saturated rings. The molecule has 1 spiro atoms. The van der Waals surface area contributed by atoms with Gasteiger partial charge in [0, 0.05) is 32.3 Å². The van der Waals surface area contributed by atoms with Crippen molar-refractivity contribution in [2.75, 3.05) is 26.7 Å². The van der Waals surface area contributed by atoms with Crippen molar-refractivity contribution in [3.63, 3.8) is 0 Å². The van der Waals surface area contributed by atoms with Gasteiger partial charge in [0.05, 0.1) is 30.2 Å². The molecular weight excluding hydrogens is 366 g/mol. The van der Waals surface area contributed by atoms with Gasteiger partial charge in [-0.2, -0.15) is 0 Å². The van der Waals surface area contributed by atoms with E-state index in [4.69, 9.17) is 0 Å². The third-order valence-electron chi connectivity index (χ3n) is 5.87. The van der Waals surface area contributed by atoms with Gasteiger partial charge < -0.3 is 15.1 Å². The van der Waals surface area contributed by atoms with Crippen molar-refractivity contribution in [1.82, 2.24) is 25.1 Å². The molecule has 1 aromatic heterocycles. The van der Waals surface area contributed by atoms with Crippen molar-refractivity contribution < 1.29 is 9.59 Å². The molecule has 0 radical (unpaired) electrons. The number of carbonyl (C=O) groups excluding carboxylic acids is 2. The van der Waals surface area contributed by atoms with Gasteiger partial charge in [-0.25, -0.2) is 0 Å². The van der Waals surface area contributed by atoms with E-state index in [1.807, 2.05) is 30.7 Å². The van der Waals surface area contributed by atoms with Crippen LogP contribution in [0.25, 0.3) is 0 Å². The third kappa shape index (κ3) is 4.96. The van der Waals surface area contributed by atoms with Crippen LogP contribution in [0.4, 0.5) is 0 Å². The number of hydrogen-bond acceptors (Lipinski definition) is 5. The van der Waals surface area contributed by atoms with Gasteiger partial charge in [0.25, 0.3) is 0 Å². The Kier molecular flexibility index (Phi) is 7.17. The highest BCUT2D eigenvalue weighted by molar-refractivity contribution is 5.85. The Hall–Kier alpha value is -1.73. The van der Waals surface area contributed by atoms with Crippen LogP contribution in [-0.4, -0.2) is 64.3 Å². The molecule has 0 unspecified atom stereocenters. The number of halogens is 1. The number of nitrogens with zero attached hydrogens (tertiary/aromatic N) is 4. The number of piperidine rings is 2. The van der Waals surface area contributed by atoms with Gasteiger partial charge in [0.15, 0.2) is 0 Å². The van der Waals surface area contributed by atoms with Gasteiger partial charge >= 0.3 is 0 Å². The van der Waals surface area contributed by atoms with Gasteiger partial charge in [-0.05, 0) is 45.6 Å². The highest BCUT2D eigenvalue weighted by atomic mass is 35.5. The van der Waals surface area contributed by atoms with Crippen LogP contribution in [-0.2, 0) is 16.1 Å². The number of likely N-dealkylation sites (N-methyl/N-ethyl adjacent to an activating group) is 1. The first-order valence-corrected chi connectivity index (χ1v) is 9.44. The normalized spacial score (nSPS) is 20.3. The Balaban J connectivity index is 0.00000261. The predicted molar refractivity (Wildman–Crippen MR) is 105 cm³/mol. The van der Waals surface area contributed by atoms with Crippen molar-refractivity contribution in [3.8, 4) is 0 Å². The third-order valence-corrected chi connectivity index (χ3v) is 5.87. The second-order valence-electron chi connectivity index (χ2n) is 7.73. The molecule has 2 aliphatic heterocycles. The van der Waals surface area contributed by atoms with Gasteiger partial charge in [-0.3, -0.25) is 19.6 Å². The summed E-state index contributed by atoms with van der Waals surface area (Å²) in [6.45, 7) is 6.63. The monoisotopic (exact) mass is 395 g/mol. The summed E-state index contributed by atoms with van der Waals surface area (Å²) < 4.78 is 0. The fourth-order valence-electron chi connectivity index (χ4n) is 3.95. The van der Waals surface area contributed by atoms with Crippen molar-refractivity contribution in [3.05, 3.63) is 23.8 Å². The van der Waals surface area contributed by atoms with E-state index in [2.05, 4.69) is 15.3 Å². The number of aromatic nitrogens is 2. The first-order valence-electron chi connectivity index (χ1n) is 9.44. The van der Waals surface area contributed by atoms with Crippen LogP contribution in [0.5, 0.6) is 0 Å². The molecule has 0 aromatic carbocycles. The number of likely N-dealkylation sites (tertiary alicyclic amines) is 2. The number of carbonyl (C=O) groups is 2. The van der Waals surface area contributed by atoms with E-state index in [0.29, 0.717) is 13.0 Å². The quantitative estimate of drug-likeness (QED) is 0.836. The lowest BCUT2D eigenvalue weighted by Crippen LogP contribution is -2.54. The molecular formula is C19H30ClN5O2. The van der Waals surface area contributed by atoms with Gasteiger partial charge in [0.2, 0.25) is 11.8 Å². The summed E-state index contributed by atoms with van der Waals surface area (Å²) in [4.78, 5) is 37.3. The van der Waals surface area contributed by atoms with Crippen LogP contribution in [0, 0.1) is 12.3 Å². The topological polar surface area (TPSA) is 78.4 Å². The minimum atomic E-state index is -0.145. The largest absolute Gasteiger partial charge is 0.341 e. The minimum Gasteiger partial charge on any atom is -0.341 e. The SMILES string of the molecule is CN[C@@H](C)C(=O)N1CCC2(CCC(=O)N(Cc3cnc(C)cn3)C2)CC1.Cl. The summed E-state index contributed by atoms with van der Waals surface area (Å²) in [6.07, 6.45) is 6.92. The van der Waals surface area contributed by atoms with Crippen LogP contribution in [0.2, 0.25) is 0 Å². The molecule has 3 rings (SSSR count). The zero-order chi connectivity index (χ0) is 18.7. The molecule has 150 valence electrons. The fourth-order valence-corrected chi connectivity index (χ4v) is 3.95. The Morgan fingerprint density at radius 3 is 2.56 bits per heavy atom. The van der Waals surface area contributed by atoms with Crippen molar-refractivity contribution >= 4 is 24.2 Å². The highest BCUT2D eigenvalue weighted by Gasteiger charge is 2.42. The minimum absolute atomic E-state index is 0. The van der Waals surface area contributed by atoms with E-state index in [1.54, 1.807) is 12.4 Å². The van der Waals surface area contributed by atoms with E-state index >= 15 is 0 Å². The van der Waals surface area contributed by atoms with Crippen LogP contribution in [0.1, 0.15) is 44.0 Å². The highest BCUT2D eigenvalue weighted by Crippen LogP contribution is 2.40. The van der Waals surface area contributed by atoms with Gasteiger partial charge in [-0.1, -0.05) is 0 Å². The van der Waals surface area contributed by atoms with Crippen molar-refractivity contribution in [2.45, 2.75) is 52.1 Å². The maximum Gasteiger partial charge on any atom is 0.239 e. The number of hydrogen-bond donors (Lipinski definition) is 1. The molecule has 8 heteroatoms. The summed E-state index contributed by atoms with van der Waals surface area (Å²) >= 11 is 0. The Morgan fingerprint density at radius 1 is 1.26 bits per heavy atom. The van der Waals surface area contributed by atoms with Crippen LogP contribution < -0.4 is 5.32 Å². The van der Waals surface area contributed by atoms with E-state index < -0.39 is 0 Å². The fraction of sp³-hybridized carbons (Fsp3) is 0.684. The van der Waals surface area contributed by atoms with Gasteiger partial charge in [0.1, 0.15) is 0 Å². The number of aryl methyl sites for hydroxylation is 1. The molecule has 2 aliphatic rings. The summed E-state index contributed by atoms with van der Waals surface area (Å²) in [6, 6.07) is -0.145. The molecule has 0 saturated carbocycles. The molecule has 1 atom stereocenters. The predicted octanol–water partition coefficient (Wildman–Crippen LogP) is 1.55. The molecule has 3 heterocycles. The van der Waals surface area contributed by atoms with Crippen molar-refractivity contribution in [2.24, 2.45) is 5.41 Å². The maximum atomic E-state index is 12.4. The first-order chi connectivity index (χ1) is 12.4. The summed E-state index contributed by atoms with van der Waals surface area (Å²) in [5.74, 6) is 0.362. The number of amides is 2. The average Bonchev–Trinajstić information content (AvgIpc) is 2.66. The Labute approximate surface area is 167 Å². The smallest absolute Gasteiger partial charge is 0.239 e. The maximum absolute atomic E-state index is 12.4. The first kappa shape index (κ1) is 21.6. The zero-order valence-electron chi connectivity index (χ0n) is 16.4.